The third-order valence-corrected chi connectivity index (χ3v) is 5.81. The molecule has 0 aliphatic heterocycles. The summed E-state index contributed by atoms with van der Waals surface area (Å²) in [6.45, 7) is 19.2. The zero-order chi connectivity index (χ0) is 19.2. The van der Waals surface area contributed by atoms with Crippen LogP contribution in [0.1, 0.15) is 113 Å². The molecule has 0 aliphatic carbocycles. The summed E-state index contributed by atoms with van der Waals surface area (Å²) in [5.41, 5.74) is 0. The second-order valence-corrected chi connectivity index (χ2v) is 9.70. The van der Waals surface area contributed by atoms with Gasteiger partial charge in [0, 0.05) is 0 Å². The third-order valence-electron chi connectivity index (χ3n) is 5.81. The topological polar surface area (TPSA) is 0 Å². The molecule has 0 saturated heterocycles. The largest absolute Gasteiger partial charge is 0.0914 e. The molecule has 25 heavy (non-hydrogen) atoms. The lowest BCUT2D eigenvalue weighted by molar-refractivity contribution is 0.274. The summed E-state index contributed by atoms with van der Waals surface area (Å²) in [4.78, 5) is 0. The Morgan fingerprint density at radius 2 is 1.04 bits per heavy atom. The Bertz CT molecular complexity index is 316. The van der Waals surface area contributed by atoms with Crippen molar-refractivity contribution in [1.82, 2.24) is 0 Å². The normalized spacial score (nSPS) is 19.5. The minimum atomic E-state index is 0.735. The van der Waals surface area contributed by atoms with Crippen LogP contribution in [0.15, 0.2) is 12.2 Å². The maximum atomic E-state index is 2.49. The number of allylic oxidation sites excluding steroid dienone is 2. The highest BCUT2D eigenvalue weighted by Gasteiger charge is 2.17. The van der Waals surface area contributed by atoms with Crippen LogP contribution in [0.5, 0.6) is 0 Å². The van der Waals surface area contributed by atoms with E-state index in [0.29, 0.717) is 0 Å². The van der Waals surface area contributed by atoms with Crippen molar-refractivity contribution >= 4 is 0 Å². The van der Waals surface area contributed by atoms with Crippen molar-refractivity contribution in [1.29, 1.82) is 0 Å². The second-order valence-electron chi connectivity index (χ2n) is 9.70. The van der Waals surface area contributed by atoms with Gasteiger partial charge < -0.3 is 0 Å². The quantitative estimate of drug-likeness (QED) is 0.204. The first-order valence-electron chi connectivity index (χ1n) is 11.4. The van der Waals surface area contributed by atoms with Gasteiger partial charge >= 0.3 is 0 Å². The first-order valence-corrected chi connectivity index (χ1v) is 11.4. The highest BCUT2D eigenvalue weighted by molar-refractivity contribution is 4.84. The average Bonchev–Trinajstić information content (AvgIpc) is 2.46. The monoisotopic (exact) mass is 350 g/mol. The van der Waals surface area contributed by atoms with E-state index in [4.69, 9.17) is 0 Å². The highest BCUT2D eigenvalue weighted by atomic mass is 14.2. The average molecular weight is 351 g/mol. The van der Waals surface area contributed by atoms with Gasteiger partial charge in [0.15, 0.2) is 0 Å². The molecule has 0 radical (unpaired) electrons. The molecule has 150 valence electrons. The Balaban J connectivity index is 4.00. The number of unbranched alkanes of at least 4 members (excludes halogenated alkanes) is 2. The molecule has 0 heteroatoms. The van der Waals surface area contributed by atoms with Gasteiger partial charge in [-0.3, -0.25) is 0 Å². The van der Waals surface area contributed by atoms with Crippen LogP contribution in [0, 0.1) is 35.5 Å². The lowest BCUT2D eigenvalue weighted by Crippen LogP contribution is -2.13. The summed E-state index contributed by atoms with van der Waals surface area (Å²) >= 11 is 0. The molecule has 0 rings (SSSR count). The van der Waals surface area contributed by atoms with Gasteiger partial charge in [-0.15, -0.1) is 0 Å². The Labute approximate surface area is 161 Å². The first-order chi connectivity index (χ1) is 11.8. The second kappa shape index (κ2) is 14.9. The van der Waals surface area contributed by atoms with Crippen LogP contribution in [0.3, 0.4) is 0 Å². The van der Waals surface area contributed by atoms with E-state index in [0.717, 1.165) is 35.5 Å². The zero-order valence-electron chi connectivity index (χ0n) is 19.0. The molecule has 6 unspecified atom stereocenters. The molecule has 0 aromatic rings. The van der Waals surface area contributed by atoms with Crippen LogP contribution in [0.4, 0.5) is 0 Å². The van der Waals surface area contributed by atoms with Gasteiger partial charge in [-0.2, -0.15) is 0 Å². The van der Waals surface area contributed by atoms with E-state index < -0.39 is 0 Å². The van der Waals surface area contributed by atoms with Crippen molar-refractivity contribution in [3.05, 3.63) is 12.2 Å². The van der Waals surface area contributed by atoms with E-state index in [1.807, 2.05) is 0 Å². The minimum Gasteiger partial charge on any atom is -0.0914 e. The maximum Gasteiger partial charge on any atom is -0.0260 e. The fourth-order valence-corrected chi connectivity index (χ4v) is 5.03. The standard InChI is InChI=1S/C25H50/c1-9-11-12-14-21(4)16-23(6)18-25(8)19-24(7)17-22(5)15-20(3)13-10-2/h10,13,20-25H,9,11-12,14-19H2,1-8H3. The molecule has 0 saturated carbocycles. The molecule has 6 atom stereocenters. The Morgan fingerprint density at radius 1 is 0.600 bits per heavy atom. The molecule has 0 bridgehead atoms. The Hall–Kier alpha value is -0.260. The van der Waals surface area contributed by atoms with Crippen LogP contribution in [-0.2, 0) is 0 Å². The molecule has 0 nitrogen and oxygen atoms in total. The number of hydrogen-bond donors (Lipinski definition) is 0. The van der Waals surface area contributed by atoms with Gasteiger partial charge in [-0.05, 0) is 74.5 Å². The van der Waals surface area contributed by atoms with Crippen molar-refractivity contribution < 1.29 is 0 Å². The van der Waals surface area contributed by atoms with Crippen molar-refractivity contribution in [2.45, 2.75) is 113 Å². The van der Waals surface area contributed by atoms with E-state index in [1.54, 1.807) is 0 Å². The van der Waals surface area contributed by atoms with Crippen molar-refractivity contribution in [3.8, 4) is 0 Å². The zero-order valence-corrected chi connectivity index (χ0v) is 19.0. The van der Waals surface area contributed by atoms with Gasteiger partial charge in [0.05, 0.1) is 0 Å². The molecular formula is C25H50. The predicted octanol–water partition coefficient (Wildman–Crippen LogP) is 8.91. The number of rotatable bonds is 15. The molecule has 0 aliphatic rings. The highest BCUT2D eigenvalue weighted by Crippen LogP contribution is 2.29. The first kappa shape index (κ1) is 24.7. The van der Waals surface area contributed by atoms with Gasteiger partial charge in [0.2, 0.25) is 0 Å². The molecule has 0 N–H and O–H groups in total. The van der Waals surface area contributed by atoms with Gasteiger partial charge in [-0.25, -0.2) is 0 Å². The molecule has 0 aromatic carbocycles. The Morgan fingerprint density at radius 3 is 1.48 bits per heavy atom. The lowest BCUT2D eigenvalue weighted by Gasteiger charge is -2.25. The fourth-order valence-electron chi connectivity index (χ4n) is 5.03. The van der Waals surface area contributed by atoms with Crippen LogP contribution in [0.2, 0.25) is 0 Å². The predicted molar refractivity (Wildman–Crippen MR) is 117 cm³/mol. The van der Waals surface area contributed by atoms with E-state index in [-0.39, 0.29) is 0 Å². The van der Waals surface area contributed by atoms with Crippen LogP contribution < -0.4 is 0 Å². The van der Waals surface area contributed by atoms with E-state index in [2.05, 4.69) is 67.5 Å². The summed E-state index contributed by atoms with van der Waals surface area (Å²) in [6.07, 6.45) is 17.2. The SMILES string of the molecule is CC=CC(C)CC(C)CC(C)CC(C)CC(C)CC(C)CCCCC. The van der Waals surface area contributed by atoms with Gasteiger partial charge in [0.1, 0.15) is 0 Å². The summed E-state index contributed by atoms with van der Waals surface area (Å²) in [7, 11) is 0. The molecule has 0 spiro atoms. The number of hydrogen-bond acceptors (Lipinski definition) is 0. The van der Waals surface area contributed by atoms with Crippen molar-refractivity contribution in [2.75, 3.05) is 0 Å². The summed E-state index contributed by atoms with van der Waals surface area (Å²) in [5, 5.41) is 0. The summed E-state index contributed by atoms with van der Waals surface area (Å²) in [5.74, 6) is 5.15. The van der Waals surface area contributed by atoms with Crippen LogP contribution in [-0.4, -0.2) is 0 Å². The summed E-state index contributed by atoms with van der Waals surface area (Å²) < 4.78 is 0. The van der Waals surface area contributed by atoms with Crippen molar-refractivity contribution in [2.24, 2.45) is 35.5 Å². The van der Waals surface area contributed by atoms with Crippen LogP contribution in [0.25, 0.3) is 0 Å². The minimum absolute atomic E-state index is 0.735. The molecule has 0 heterocycles. The third kappa shape index (κ3) is 14.6. The fraction of sp³-hybridized carbons (Fsp3) is 0.920. The van der Waals surface area contributed by atoms with Crippen molar-refractivity contribution in [3.63, 3.8) is 0 Å². The Kier molecular flexibility index (Phi) is 14.7. The maximum absolute atomic E-state index is 2.49. The van der Waals surface area contributed by atoms with Crippen LogP contribution >= 0.6 is 0 Å². The lowest BCUT2D eigenvalue weighted by atomic mass is 9.81. The van der Waals surface area contributed by atoms with Gasteiger partial charge in [-0.1, -0.05) is 86.3 Å². The molecular weight excluding hydrogens is 300 g/mol. The van der Waals surface area contributed by atoms with Gasteiger partial charge in [0.25, 0.3) is 0 Å². The molecule has 0 amide bonds. The smallest absolute Gasteiger partial charge is 0.0260 e. The molecule has 0 aromatic heterocycles. The van der Waals surface area contributed by atoms with E-state index >= 15 is 0 Å². The molecule has 0 fully saturated rings. The summed E-state index contributed by atoms with van der Waals surface area (Å²) in [6, 6.07) is 0. The van der Waals surface area contributed by atoms with E-state index in [1.165, 1.54) is 57.8 Å². The van der Waals surface area contributed by atoms with E-state index in [9.17, 15) is 0 Å².